The van der Waals surface area contributed by atoms with Gasteiger partial charge in [-0.1, -0.05) is 53.5 Å². The first-order chi connectivity index (χ1) is 9.54. The molecule has 0 aliphatic heterocycles. The van der Waals surface area contributed by atoms with Crippen molar-refractivity contribution in [1.82, 2.24) is 15.5 Å². The number of ether oxygens (including phenoxy) is 1. The zero-order valence-corrected chi connectivity index (χ0v) is 13.5. The standard InChI is InChI=1S/C13H15Cl2N3OS/c1-8(2)6-16-7-12-17-18-13(20-12)19-9-3-4-10(14)11(15)5-9/h3-5,8,16H,6-7H2,1-2H3. The highest BCUT2D eigenvalue weighted by Crippen LogP contribution is 2.30. The summed E-state index contributed by atoms with van der Waals surface area (Å²) in [5, 5.41) is 13.7. The molecule has 4 nitrogen and oxygen atoms in total. The van der Waals surface area contributed by atoms with E-state index in [0.29, 0.717) is 33.5 Å². The number of nitrogens with one attached hydrogen (secondary N) is 1. The van der Waals surface area contributed by atoms with Gasteiger partial charge in [-0.25, -0.2) is 0 Å². The summed E-state index contributed by atoms with van der Waals surface area (Å²) in [6.07, 6.45) is 0. The van der Waals surface area contributed by atoms with Crippen LogP contribution in [0.1, 0.15) is 18.9 Å². The third-order valence-electron chi connectivity index (χ3n) is 2.37. The van der Waals surface area contributed by atoms with Crippen LogP contribution in [0.5, 0.6) is 10.9 Å². The minimum Gasteiger partial charge on any atom is -0.430 e. The molecule has 1 aromatic carbocycles. The van der Waals surface area contributed by atoms with Crippen LogP contribution in [0.2, 0.25) is 10.0 Å². The first-order valence-electron chi connectivity index (χ1n) is 6.20. The second-order valence-electron chi connectivity index (χ2n) is 4.66. The molecule has 0 unspecified atom stereocenters. The first kappa shape index (κ1) is 15.5. The van der Waals surface area contributed by atoms with Gasteiger partial charge in [0.1, 0.15) is 10.8 Å². The predicted octanol–water partition coefficient (Wildman–Crippen LogP) is 4.38. The highest BCUT2D eigenvalue weighted by Gasteiger charge is 2.08. The van der Waals surface area contributed by atoms with E-state index in [2.05, 4.69) is 29.4 Å². The van der Waals surface area contributed by atoms with Crippen LogP contribution in [0.25, 0.3) is 0 Å². The highest BCUT2D eigenvalue weighted by atomic mass is 35.5. The lowest BCUT2D eigenvalue weighted by molar-refractivity contribution is 0.473. The monoisotopic (exact) mass is 331 g/mol. The van der Waals surface area contributed by atoms with Crippen LogP contribution in [0.15, 0.2) is 18.2 Å². The fraction of sp³-hybridized carbons (Fsp3) is 0.385. The van der Waals surface area contributed by atoms with Gasteiger partial charge in [-0.05, 0) is 24.6 Å². The minimum atomic E-state index is 0.451. The van der Waals surface area contributed by atoms with Gasteiger partial charge in [0.15, 0.2) is 0 Å². The lowest BCUT2D eigenvalue weighted by atomic mass is 10.2. The lowest BCUT2D eigenvalue weighted by Gasteiger charge is -2.04. The number of hydrogen-bond donors (Lipinski definition) is 1. The van der Waals surface area contributed by atoms with Crippen LogP contribution >= 0.6 is 34.5 Å². The molecule has 7 heteroatoms. The molecule has 2 rings (SSSR count). The normalized spacial score (nSPS) is 11.1. The van der Waals surface area contributed by atoms with E-state index in [4.69, 9.17) is 27.9 Å². The summed E-state index contributed by atoms with van der Waals surface area (Å²) in [6.45, 7) is 5.96. The fourth-order valence-electron chi connectivity index (χ4n) is 1.46. The van der Waals surface area contributed by atoms with E-state index in [1.807, 2.05) is 0 Å². The van der Waals surface area contributed by atoms with E-state index in [9.17, 15) is 0 Å². The number of benzene rings is 1. The Bertz CT molecular complexity index is 574. The summed E-state index contributed by atoms with van der Waals surface area (Å²) < 4.78 is 5.60. The van der Waals surface area contributed by atoms with Gasteiger partial charge >= 0.3 is 0 Å². The Morgan fingerprint density at radius 2 is 2.05 bits per heavy atom. The maximum absolute atomic E-state index is 5.93. The number of rotatable bonds is 6. The molecular weight excluding hydrogens is 317 g/mol. The van der Waals surface area contributed by atoms with E-state index < -0.39 is 0 Å². The molecule has 0 saturated heterocycles. The maximum Gasteiger partial charge on any atom is 0.299 e. The number of hydrogen-bond acceptors (Lipinski definition) is 5. The van der Waals surface area contributed by atoms with Crippen LogP contribution in [0.4, 0.5) is 0 Å². The molecule has 0 fully saturated rings. The van der Waals surface area contributed by atoms with Gasteiger partial charge in [0, 0.05) is 12.6 Å². The summed E-state index contributed by atoms with van der Waals surface area (Å²) in [4.78, 5) is 0. The van der Waals surface area contributed by atoms with Crippen molar-refractivity contribution in [2.75, 3.05) is 6.54 Å². The molecule has 2 aromatic rings. The van der Waals surface area contributed by atoms with Crippen molar-refractivity contribution < 1.29 is 4.74 Å². The predicted molar refractivity (Wildman–Crippen MR) is 83.0 cm³/mol. The van der Waals surface area contributed by atoms with Gasteiger partial charge in [0.25, 0.3) is 5.19 Å². The molecule has 1 aromatic heterocycles. The molecule has 0 saturated carbocycles. The van der Waals surface area contributed by atoms with Crippen molar-refractivity contribution in [2.45, 2.75) is 20.4 Å². The van der Waals surface area contributed by atoms with Gasteiger partial charge in [-0.3, -0.25) is 0 Å². The third-order valence-corrected chi connectivity index (χ3v) is 3.91. The Morgan fingerprint density at radius 1 is 1.25 bits per heavy atom. The van der Waals surface area contributed by atoms with Crippen molar-refractivity contribution >= 4 is 34.5 Å². The quantitative estimate of drug-likeness (QED) is 0.853. The van der Waals surface area contributed by atoms with E-state index in [-0.39, 0.29) is 0 Å². The average Bonchev–Trinajstić information content (AvgIpc) is 2.81. The summed E-state index contributed by atoms with van der Waals surface area (Å²) >= 11 is 13.2. The maximum atomic E-state index is 5.93. The summed E-state index contributed by atoms with van der Waals surface area (Å²) in [5.41, 5.74) is 0. The SMILES string of the molecule is CC(C)CNCc1nnc(Oc2ccc(Cl)c(Cl)c2)s1. The molecule has 0 spiro atoms. The molecule has 0 amide bonds. The second-order valence-corrected chi connectivity index (χ2v) is 6.50. The van der Waals surface area contributed by atoms with Gasteiger partial charge in [-0.2, -0.15) is 0 Å². The largest absolute Gasteiger partial charge is 0.430 e. The lowest BCUT2D eigenvalue weighted by Crippen LogP contribution is -2.18. The third kappa shape index (κ3) is 4.59. The Hall–Kier alpha value is -0.880. The van der Waals surface area contributed by atoms with Crippen molar-refractivity contribution in [3.63, 3.8) is 0 Å². The Morgan fingerprint density at radius 3 is 2.75 bits per heavy atom. The number of nitrogens with zero attached hydrogens (tertiary/aromatic N) is 2. The van der Waals surface area contributed by atoms with Crippen LogP contribution in [-0.4, -0.2) is 16.7 Å². The molecule has 0 radical (unpaired) electrons. The van der Waals surface area contributed by atoms with E-state index in [1.165, 1.54) is 11.3 Å². The van der Waals surface area contributed by atoms with Crippen molar-refractivity contribution in [3.05, 3.63) is 33.3 Å². The van der Waals surface area contributed by atoms with Crippen LogP contribution in [0, 0.1) is 5.92 Å². The van der Waals surface area contributed by atoms with Gasteiger partial charge in [0.2, 0.25) is 0 Å². The molecule has 0 aliphatic carbocycles. The van der Waals surface area contributed by atoms with Crippen LogP contribution in [0.3, 0.4) is 0 Å². The van der Waals surface area contributed by atoms with Crippen molar-refractivity contribution in [1.29, 1.82) is 0 Å². The Labute approximate surface area is 132 Å². The molecular formula is C13H15Cl2N3OS. The minimum absolute atomic E-state index is 0.451. The van der Waals surface area contributed by atoms with Gasteiger partial charge in [-0.15, -0.1) is 5.10 Å². The Kier molecular flexibility index (Phi) is 5.60. The van der Waals surface area contributed by atoms with Gasteiger partial charge in [0.05, 0.1) is 10.0 Å². The second kappa shape index (κ2) is 7.22. The Balaban J connectivity index is 1.93. The zero-order valence-electron chi connectivity index (χ0n) is 11.2. The van der Waals surface area contributed by atoms with E-state index in [0.717, 1.165) is 11.6 Å². The molecule has 0 aliphatic rings. The van der Waals surface area contributed by atoms with Crippen LogP contribution < -0.4 is 10.1 Å². The highest BCUT2D eigenvalue weighted by molar-refractivity contribution is 7.13. The fourth-order valence-corrected chi connectivity index (χ4v) is 2.42. The van der Waals surface area contributed by atoms with E-state index >= 15 is 0 Å². The topological polar surface area (TPSA) is 47.0 Å². The average molecular weight is 332 g/mol. The molecule has 0 bridgehead atoms. The van der Waals surface area contributed by atoms with Crippen molar-refractivity contribution in [2.24, 2.45) is 5.92 Å². The zero-order chi connectivity index (χ0) is 14.5. The molecule has 1 N–H and O–H groups in total. The summed E-state index contributed by atoms with van der Waals surface area (Å²) in [7, 11) is 0. The van der Waals surface area contributed by atoms with Crippen molar-refractivity contribution in [3.8, 4) is 10.9 Å². The van der Waals surface area contributed by atoms with Crippen LogP contribution in [-0.2, 0) is 6.54 Å². The molecule has 0 atom stereocenters. The smallest absolute Gasteiger partial charge is 0.299 e. The molecule has 20 heavy (non-hydrogen) atoms. The number of halogens is 2. The molecule has 108 valence electrons. The number of aromatic nitrogens is 2. The van der Waals surface area contributed by atoms with Gasteiger partial charge < -0.3 is 10.1 Å². The summed E-state index contributed by atoms with van der Waals surface area (Å²) in [6, 6.07) is 5.08. The van der Waals surface area contributed by atoms with E-state index in [1.54, 1.807) is 18.2 Å². The first-order valence-corrected chi connectivity index (χ1v) is 7.78. The summed E-state index contributed by atoms with van der Waals surface area (Å²) in [5.74, 6) is 1.20. The molecule has 1 heterocycles.